The normalized spacial score (nSPS) is 11.2. The number of nitrogens with zero attached hydrogens (tertiary/aromatic N) is 2. The van der Waals surface area contributed by atoms with E-state index in [1.165, 1.54) is 0 Å². The van der Waals surface area contributed by atoms with Gasteiger partial charge < -0.3 is 10.5 Å². The van der Waals surface area contributed by atoms with Crippen molar-refractivity contribution < 1.29 is 4.74 Å². The van der Waals surface area contributed by atoms with Gasteiger partial charge in [0, 0.05) is 11.3 Å². The van der Waals surface area contributed by atoms with Gasteiger partial charge in [-0.2, -0.15) is 0 Å². The molecule has 0 aliphatic carbocycles. The minimum absolute atomic E-state index is 0.140. The summed E-state index contributed by atoms with van der Waals surface area (Å²) >= 11 is 0. The van der Waals surface area contributed by atoms with Gasteiger partial charge in [-0.25, -0.2) is 4.98 Å². The quantitative estimate of drug-likeness (QED) is 0.796. The first-order chi connectivity index (χ1) is 10.1. The summed E-state index contributed by atoms with van der Waals surface area (Å²) in [5.41, 5.74) is 9.97. The Morgan fingerprint density at radius 2 is 1.90 bits per heavy atom. The largest absolute Gasteiger partial charge is 0.491 e. The number of pyridine rings is 1. The lowest BCUT2D eigenvalue weighted by molar-refractivity contribution is 0.242. The molecule has 0 aliphatic heterocycles. The number of aryl methyl sites for hydroxylation is 1. The highest BCUT2D eigenvalue weighted by Gasteiger charge is 2.13. The predicted octanol–water partition coefficient (Wildman–Crippen LogP) is 3.68. The van der Waals surface area contributed by atoms with E-state index in [0.29, 0.717) is 5.82 Å². The first-order valence-corrected chi connectivity index (χ1v) is 7.07. The summed E-state index contributed by atoms with van der Waals surface area (Å²) in [6.07, 6.45) is 0.140. The van der Waals surface area contributed by atoms with E-state index in [4.69, 9.17) is 10.5 Å². The van der Waals surface area contributed by atoms with E-state index in [9.17, 15) is 0 Å². The van der Waals surface area contributed by atoms with Crippen molar-refractivity contribution in [3.8, 4) is 17.0 Å². The summed E-state index contributed by atoms with van der Waals surface area (Å²) in [4.78, 5) is 4.65. The van der Waals surface area contributed by atoms with Crippen LogP contribution in [-0.2, 0) is 0 Å². The molecule has 0 saturated heterocycles. The van der Waals surface area contributed by atoms with Crippen molar-refractivity contribution in [2.45, 2.75) is 26.9 Å². The Bertz CT molecular complexity index is 790. The zero-order valence-electron chi connectivity index (χ0n) is 12.5. The van der Waals surface area contributed by atoms with Crippen LogP contribution in [0.4, 0.5) is 5.82 Å². The number of ether oxygens (including phenoxy) is 1. The fourth-order valence-electron chi connectivity index (χ4n) is 2.48. The van der Waals surface area contributed by atoms with Gasteiger partial charge >= 0.3 is 0 Å². The average molecular weight is 281 g/mol. The summed E-state index contributed by atoms with van der Waals surface area (Å²) < 4.78 is 7.70. The number of hydrogen-bond donors (Lipinski definition) is 1. The number of hydrogen-bond acceptors (Lipinski definition) is 3. The highest BCUT2D eigenvalue weighted by atomic mass is 16.5. The van der Waals surface area contributed by atoms with Crippen molar-refractivity contribution >= 4 is 11.5 Å². The Morgan fingerprint density at radius 3 is 2.62 bits per heavy atom. The molecule has 4 nitrogen and oxygen atoms in total. The standard InChI is InChI=1S/C17H19N3O/c1-11(2)21-14-8-5-7-13(10-14)16-17(18)20-12(3)6-4-9-15(20)19-16/h4-11H,18H2,1-3H3. The van der Waals surface area contributed by atoms with E-state index in [2.05, 4.69) is 4.98 Å². The number of aromatic nitrogens is 2. The van der Waals surface area contributed by atoms with Gasteiger partial charge in [0.15, 0.2) is 0 Å². The Kier molecular flexibility index (Phi) is 3.29. The minimum Gasteiger partial charge on any atom is -0.491 e. The van der Waals surface area contributed by atoms with Crippen LogP contribution in [0.3, 0.4) is 0 Å². The molecule has 0 saturated carbocycles. The van der Waals surface area contributed by atoms with Crippen LogP contribution in [0.5, 0.6) is 5.75 Å². The van der Waals surface area contributed by atoms with Crippen LogP contribution in [0.25, 0.3) is 16.9 Å². The molecule has 2 aromatic heterocycles. The Hall–Kier alpha value is -2.49. The predicted molar refractivity (Wildman–Crippen MR) is 85.5 cm³/mol. The summed E-state index contributed by atoms with van der Waals surface area (Å²) in [6, 6.07) is 13.9. The van der Waals surface area contributed by atoms with Crippen molar-refractivity contribution in [2.75, 3.05) is 5.73 Å². The average Bonchev–Trinajstić information content (AvgIpc) is 2.77. The molecule has 0 fully saturated rings. The zero-order chi connectivity index (χ0) is 15.0. The van der Waals surface area contributed by atoms with Gasteiger partial charge in [0.05, 0.1) is 6.10 Å². The number of fused-ring (bicyclic) bond motifs is 1. The van der Waals surface area contributed by atoms with Crippen molar-refractivity contribution in [1.29, 1.82) is 0 Å². The molecule has 3 aromatic rings. The molecule has 108 valence electrons. The summed E-state index contributed by atoms with van der Waals surface area (Å²) in [6.45, 7) is 6.04. The van der Waals surface area contributed by atoms with E-state index < -0.39 is 0 Å². The molecule has 2 heterocycles. The Labute approximate surface area is 124 Å². The van der Waals surface area contributed by atoms with Gasteiger partial charge in [-0.1, -0.05) is 18.2 Å². The second-order valence-electron chi connectivity index (χ2n) is 5.40. The highest BCUT2D eigenvalue weighted by molar-refractivity contribution is 5.76. The van der Waals surface area contributed by atoms with Gasteiger partial charge in [-0.05, 0) is 45.0 Å². The zero-order valence-corrected chi connectivity index (χ0v) is 12.5. The third-order valence-electron chi connectivity index (χ3n) is 3.35. The lowest BCUT2D eigenvalue weighted by Crippen LogP contribution is -2.05. The fourth-order valence-corrected chi connectivity index (χ4v) is 2.48. The minimum atomic E-state index is 0.140. The molecule has 1 aromatic carbocycles. The molecule has 3 rings (SSSR count). The summed E-state index contributed by atoms with van der Waals surface area (Å²) in [5.74, 6) is 1.49. The first-order valence-electron chi connectivity index (χ1n) is 7.07. The molecule has 0 bridgehead atoms. The van der Waals surface area contributed by atoms with Gasteiger partial charge in [-0.15, -0.1) is 0 Å². The second kappa shape index (κ2) is 5.13. The van der Waals surface area contributed by atoms with Crippen molar-refractivity contribution in [1.82, 2.24) is 9.38 Å². The number of anilines is 1. The van der Waals surface area contributed by atoms with Gasteiger partial charge in [-0.3, -0.25) is 4.40 Å². The van der Waals surface area contributed by atoms with Crippen LogP contribution in [-0.4, -0.2) is 15.5 Å². The first kappa shape index (κ1) is 13.5. The van der Waals surface area contributed by atoms with Crippen LogP contribution in [0.1, 0.15) is 19.5 Å². The molecule has 0 aliphatic rings. The molecule has 0 atom stereocenters. The number of imidazole rings is 1. The van der Waals surface area contributed by atoms with Crippen molar-refractivity contribution in [3.63, 3.8) is 0 Å². The molecule has 2 N–H and O–H groups in total. The van der Waals surface area contributed by atoms with E-state index in [1.807, 2.05) is 67.6 Å². The van der Waals surface area contributed by atoms with Crippen LogP contribution in [0.2, 0.25) is 0 Å². The molecule has 0 spiro atoms. The van der Waals surface area contributed by atoms with Gasteiger partial charge in [0.25, 0.3) is 0 Å². The maximum atomic E-state index is 6.28. The lowest BCUT2D eigenvalue weighted by Gasteiger charge is -2.10. The number of nitrogens with two attached hydrogens (primary N) is 1. The topological polar surface area (TPSA) is 52.5 Å². The lowest BCUT2D eigenvalue weighted by atomic mass is 10.1. The van der Waals surface area contributed by atoms with Gasteiger partial charge in [0.1, 0.15) is 22.9 Å². The molecule has 21 heavy (non-hydrogen) atoms. The third-order valence-corrected chi connectivity index (χ3v) is 3.35. The molecule has 4 heteroatoms. The molecule has 0 amide bonds. The molecular weight excluding hydrogens is 262 g/mol. The maximum absolute atomic E-state index is 6.28. The third kappa shape index (κ3) is 2.44. The summed E-state index contributed by atoms with van der Waals surface area (Å²) in [7, 11) is 0. The fraction of sp³-hybridized carbons (Fsp3) is 0.235. The Balaban J connectivity index is 2.12. The van der Waals surface area contributed by atoms with Crippen molar-refractivity contribution in [2.24, 2.45) is 0 Å². The maximum Gasteiger partial charge on any atom is 0.139 e. The van der Waals surface area contributed by atoms with Gasteiger partial charge in [0.2, 0.25) is 0 Å². The SMILES string of the molecule is Cc1cccc2nc(-c3cccc(OC(C)C)c3)c(N)n12. The van der Waals surface area contributed by atoms with E-state index in [0.717, 1.165) is 28.3 Å². The molecule has 0 unspecified atom stereocenters. The highest BCUT2D eigenvalue weighted by Crippen LogP contribution is 2.29. The summed E-state index contributed by atoms with van der Waals surface area (Å²) in [5, 5.41) is 0. The monoisotopic (exact) mass is 281 g/mol. The Morgan fingerprint density at radius 1 is 1.14 bits per heavy atom. The van der Waals surface area contributed by atoms with Crippen LogP contribution in [0.15, 0.2) is 42.5 Å². The second-order valence-corrected chi connectivity index (χ2v) is 5.40. The van der Waals surface area contributed by atoms with Crippen LogP contribution < -0.4 is 10.5 Å². The van der Waals surface area contributed by atoms with Crippen molar-refractivity contribution in [3.05, 3.63) is 48.2 Å². The number of rotatable bonds is 3. The molecular formula is C17H19N3O. The number of nitrogen functional groups attached to an aromatic ring is 1. The van der Waals surface area contributed by atoms with Crippen LogP contribution in [0, 0.1) is 6.92 Å². The van der Waals surface area contributed by atoms with E-state index >= 15 is 0 Å². The van der Waals surface area contributed by atoms with Crippen LogP contribution >= 0.6 is 0 Å². The van der Waals surface area contributed by atoms with E-state index in [1.54, 1.807) is 0 Å². The molecule has 0 radical (unpaired) electrons. The van der Waals surface area contributed by atoms with E-state index in [-0.39, 0.29) is 6.10 Å². The number of benzene rings is 1. The smallest absolute Gasteiger partial charge is 0.139 e.